The predicted molar refractivity (Wildman–Crippen MR) is 94.4 cm³/mol. The topological polar surface area (TPSA) is 79.0 Å². The number of nitrogens with one attached hydrogen (secondary N) is 1. The number of benzene rings is 1. The quantitative estimate of drug-likeness (QED) is 0.821. The van der Waals surface area contributed by atoms with Crippen LogP contribution in [0.2, 0.25) is 0 Å². The number of anilines is 1. The predicted octanol–water partition coefficient (Wildman–Crippen LogP) is 2.24. The smallest absolute Gasteiger partial charge is 0.406 e. The molecule has 2 rings (SSSR count). The zero-order valence-electron chi connectivity index (χ0n) is 15.6. The van der Waals surface area contributed by atoms with Crippen molar-refractivity contribution >= 4 is 23.4 Å². The van der Waals surface area contributed by atoms with E-state index in [-0.39, 0.29) is 30.0 Å². The molecule has 1 aliphatic heterocycles. The summed E-state index contributed by atoms with van der Waals surface area (Å²) in [6, 6.07) is 4.70. The van der Waals surface area contributed by atoms with Crippen molar-refractivity contribution in [1.82, 2.24) is 9.80 Å². The molecular weight excluding hydrogens is 379 g/mol. The number of hydrogen-bond donors (Lipinski definition) is 1. The van der Waals surface area contributed by atoms with Gasteiger partial charge in [0.15, 0.2) is 0 Å². The molecular formula is C18H22F3N3O4. The number of nitrogens with zero attached hydrogens (tertiary/aromatic N) is 2. The third-order valence-corrected chi connectivity index (χ3v) is 4.34. The lowest BCUT2D eigenvalue weighted by Gasteiger charge is -2.33. The van der Waals surface area contributed by atoms with Crippen molar-refractivity contribution in [3.05, 3.63) is 24.3 Å². The second-order valence-electron chi connectivity index (χ2n) is 6.62. The highest BCUT2D eigenvalue weighted by Crippen LogP contribution is 2.24. The first-order valence-electron chi connectivity index (χ1n) is 8.71. The maximum absolute atomic E-state index is 12.5. The molecule has 1 atom stereocenters. The van der Waals surface area contributed by atoms with Crippen LogP contribution in [-0.4, -0.2) is 60.6 Å². The number of ether oxygens (including phenoxy) is 1. The molecule has 1 aliphatic rings. The van der Waals surface area contributed by atoms with Gasteiger partial charge in [-0.15, -0.1) is 13.2 Å². The van der Waals surface area contributed by atoms with Crippen LogP contribution < -0.4 is 10.1 Å². The van der Waals surface area contributed by atoms with Gasteiger partial charge in [0.2, 0.25) is 17.7 Å². The third kappa shape index (κ3) is 6.43. The molecule has 10 heteroatoms. The van der Waals surface area contributed by atoms with Gasteiger partial charge in [-0.2, -0.15) is 0 Å². The van der Waals surface area contributed by atoms with Gasteiger partial charge in [-0.05, 0) is 37.1 Å². The molecule has 0 saturated carbocycles. The van der Waals surface area contributed by atoms with Crippen LogP contribution in [0.4, 0.5) is 18.9 Å². The fourth-order valence-corrected chi connectivity index (χ4v) is 3.01. The van der Waals surface area contributed by atoms with Crippen LogP contribution in [0.15, 0.2) is 24.3 Å². The number of carbonyl (C=O) groups excluding carboxylic acids is 3. The van der Waals surface area contributed by atoms with Crippen molar-refractivity contribution in [2.45, 2.75) is 26.1 Å². The lowest BCUT2D eigenvalue weighted by atomic mass is 9.96. The van der Waals surface area contributed by atoms with Crippen molar-refractivity contribution in [2.75, 3.05) is 32.0 Å². The van der Waals surface area contributed by atoms with E-state index in [4.69, 9.17) is 0 Å². The summed E-state index contributed by atoms with van der Waals surface area (Å²) in [4.78, 5) is 39.0. The van der Waals surface area contributed by atoms with Crippen molar-refractivity contribution < 1.29 is 32.3 Å². The molecule has 1 N–H and O–H groups in total. The Labute approximate surface area is 160 Å². The van der Waals surface area contributed by atoms with Gasteiger partial charge in [-0.25, -0.2) is 0 Å². The van der Waals surface area contributed by atoms with Crippen LogP contribution in [0.3, 0.4) is 0 Å². The minimum absolute atomic E-state index is 0.0872. The Kier molecular flexibility index (Phi) is 6.87. The largest absolute Gasteiger partial charge is 0.573 e. The minimum Gasteiger partial charge on any atom is -0.406 e. The normalized spacial score (nSPS) is 17.0. The van der Waals surface area contributed by atoms with Gasteiger partial charge in [0.25, 0.3) is 0 Å². The summed E-state index contributed by atoms with van der Waals surface area (Å²) in [7, 11) is 1.49. The summed E-state index contributed by atoms with van der Waals surface area (Å²) in [5.74, 6) is -1.55. The van der Waals surface area contributed by atoms with Crippen LogP contribution in [0, 0.1) is 5.92 Å². The Morgan fingerprint density at radius 2 is 1.89 bits per heavy atom. The van der Waals surface area contributed by atoms with Crippen LogP contribution >= 0.6 is 0 Å². The van der Waals surface area contributed by atoms with Crippen LogP contribution in [0.25, 0.3) is 0 Å². The molecule has 1 aromatic rings. The van der Waals surface area contributed by atoms with Gasteiger partial charge in [-0.3, -0.25) is 14.4 Å². The SMILES string of the molecule is CC(=O)N1CCC[C@@H](C(=O)N(C)CC(=O)Nc2ccc(OC(F)(F)F)cc2)C1. The summed E-state index contributed by atoms with van der Waals surface area (Å²) in [5, 5.41) is 2.51. The molecule has 0 bridgehead atoms. The Morgan fingerprint density at radius 3 is 2.46 bits per heavy atom. The zero-order chi connectivity index (χ0) is 20.9. The number of likely N-dealkylation sites (tertiary alicyclic amines) is 1. The Bertz CT molecular complexity index is 722. The number of carbonyl (C=O) groups is 3. The highest BCUT2D eigenvalue weighted by Gasteiger charge is 2.31. The number of likely N-dealkylation sites (N-methyl/N-ethyl adjacent to an activating group) is 1. The molecule has 0 aromatic heterocycles. The number of halogens is 3. The second kappa shape index (κ2) is 8.94. The number of hydrogen-bond acceptors (Lipinski definition) is 4. The molecule has 7 nitrogen and oxygen atoms in total. The minimum atomic E-state index is -4.79. The average molecular weight is 401 g/mol. The van der Waals surface area contributed by atoms with Crippen LogP contribution in [-0.2, 0) is 14.4 Å². The van der Waals surface area contributed by atoms with Crippen LogP contribution in [0.5, 0.6) is 5.75 Å². The lowest BCUT2D eigenvalue weighted by molar-refractivity contribution is -0.274. The number of rotatable bonds is 5. The molecule has 1 aromatic carbocycles. The van der Waals surface area contributed by atoms with E-state index in [2.05, 4.69) is 10.1 Å². The fraction of sp³-hybridized carbons (Fsp3) is 0.500. The van der Waals surface area contributed by atoms with Crippen molar-refractivity contribution in [1.29, 1.82) is 0 Å². The van der Waals surface area contributed by atoms with Gasteiger partial charge >= 0.3 is 6.36 Å². The maximum atomic E-state index is 12.5. The molecule has 3 amide bonds. The van der Waals surface area contributed by atoms with Crippen LogP contribution in [0.1, 0.15) is 19.8 Å². The number of amides is 3. The first-order chi connectivity index (χ1) is 13.0. The molecule has 0 unspecified atom stereocenters. The van der Waals surface area contributed by atoms with E-state index in [1.807, 2.05) is 0 Å². The van der Waals surface area contributed by atoms with Crippen molar-refractivity contribution in [3.8, 4) is 5.75 Å². The highest BCUT2D eigenvalue weighted by atomic mass is 19.4. The van der Waals surface area contributed by atoms with E-state index in [0.29, 0.717) is 19.5 Å². The van der Waals surface area contributed by atoms with Gasteiger partial charge in [-0.1, -0.05) is 0 Å². The molecule has 0 aliphatic carbocycles. The molecule has 0 spiro atoms. The van der Waals surface area contributed by atoms with Crippen molar-refractivity contribution in [3.63, 3.8) is 0 Å². The highest BCUT2D eigenvalue weighted by molar-refractivity contribution is 5.94. The van der Waals surface area contributed by atoms with Gasteiger partial charge in [0, 0.05) is 32.7 Å². The van der Waals surface area contributed by atoms with Gasteiger partial charge in [0.1, 0.15) is 5.75 Å². The average Bonchev–Trinajstić information content (AvgIpc) is 2.61. The molecule has 1 heterocycles. The molecule has 1 saturated heterocycles. The first-order valence-corrected chi connectivity index (χ1v) is 8.71. The fourth-order valence-electron chi connectivity index (χ4n) is 3.01. The van der Waals surface area contributed by atoms with E-state index in [0.717, 1.165) is 18.6 Å². The van der Waals surface area contributed by atoms with E-state index in [1.54, 1.807) is 4.90 Å². The second-order valence-corrected chi connectivity index (χ2v) is 6.62. The van der Waals surface area contributed by atoms with E-state index < -0.39 is 18.0 Å². The zero-order valence-corrected chi connectivity index (χ0v) is 15.6. The lowest BCUT2D eigenvalue weighted by Crippen LogP contribution is -2.46. The Balaban J connectivity index is 1.86. The van der Waals surface area contributed by atoms with E-state index >= 15 is 0 Å². The summed E-state index contributed by atoms with van der Waals surface area (Å²) >= 11 is 0. The number of alkyl halides is 3. The number of piperidine rings is 1. The Morgan fingerprint density at radius 1 is 1.25 bits per heavy atom. The first kappa shape index (κ1) is 21.5. The Hall–Kier alpha value is -2.78. The standard InChI is InChI=1S/C18H22F3N3O4/c1-12(25)24-9-3-4-13(10-24)17(27)23(2)11-16(26)22-14-5-7-15(8-6-14)28-18(19,20)21/h5-8,13H,3-4,9-11H2,1-2H3,(H,22,26)/t13-/m1/s1. The van der Waals surface area contributed by atoms with E-state index in [9.17, 15) is 27.6 Å². The van der Waals surface area contributed by atoms with Gasteiger partial charge < -0.3 is 19.9 Å². The van der Waals surface area contributed by atoms with Gasteiger partial charge in [0.05, 0.1) is 12.5 Å². The molecule has 1 fully saturated rings. The summed E-state index contributed by atoms with van der Waals surface area (Å²) < 4.78 is 40.2. The monoisotopic (exact) mass is 401 g/mol. The molecule has 154 valence electrons. The third-order valence-electron chi connectivity index (χ3n) is 4.34. The van der Waals surface area contributed by atoms with Crippen molar-refractivity contribution in [2.24, 2.45) is 5.92 Å². The summed E-state index contributed by atoms with van der Waals surface area (Å²) in [6.07, 6.45) is -3.41. The van der Waals surface area contributed by atoms with E-state index in [1.165, 1.54) is 31.0 Å². The summed E-state index contributed by atoms with van der Waals surface area (Å²) in [5.41, 5.74) is 0.279. The summed E-state index contributed by atoms with van der Waals surface area (Å²) in [6.45, 7) is 2.20. The molecule has 0 radical (unpaired) electrons. The molecule has 28 heavy (non-hydrogen) atoms. The maximum Gasteiger partial charge on any atom is 0.573 e.